The molecule has 1 aliphatic rings. The average molecular weight is 337 g/mol. The van der Waals surface area contributed by atoms with Crippen LogP contribution < -0.4 is 5.73 Å². The molecule has 6 heteroatoms. The van der Waals surface area contributed by atoms with E-state index in [2.05, 4.69) is 15.9 Å². The Bertz CT molecular complexity index is 463. The molecule has 0 radical (unpaired) electrons. The van der Waals surface area contributed by atoms with Gasteiger partial charge in [0.05, 0.1) is 0 Å². The molecule has 4 N–H and O–H groups in total. The summed E-state index contributed by atoms with van der Waals surface area (Å²) in [4.78, 5) is 10.9. The highest BCUT2D eigenvalue weighted by molar-refractivity contribution is 9.10. The maximum absolute atomic E-state index is 10.9. The van der Waals surface area contributed by atoms with Crippen molar-refractivity contribution in [3.05, 3.63) is 27.7 Å². The van der Waals surface area contributed by atoms with Crippen LogP contribution in [0.15, 0.2) is 16.6 Å². The van der Waals surface area contributed by atoms with Crippen LogP contribution in [0.5, 0.6) is 5.75 Å². The number of benzene rings is 1. The van der Waals surface area contributed by atoms with Crippen molar-refractivity contribution < 1.29 is 15.0 Å². The topological polar surface area (TPSA) is 83.6 Å². The first-order valence-corrected chi connectivity index (χ1v) is 6.32. The zero-order chi connectivity index (χ0) is 12.6. The van der Waals surface area contributed by atoms with Crippen LogP contribution in [0, 0.1) is 5.92 Å². The zero-order valence-corrected chi connectivity index (χ0v) is 12.0. The van der Waals surface area contributed by atoms with Crippen LogP contribution in [-0.4, -0.2) is 16.2 Å². The molecule has 1 atom stereocenters. The Morgan fingerprint density at radius 1 is 1.44 bits per heavy atom. The SMILES string of the molecule is Cl.N[C@@H](c1c(Br)ccc(C(=O)O)c1O)C1CCC1. The number of phenols is 1. The molecule has 0 amide bonds. The van der Waals surface area contributed by atoms with Gasteiger partial charge in [-0.3, -0.25) is 0 Å². The first kappa shape index (κ1) is 15.3. The fourth-order valence-corrected chi connectivity index (χ4v) is 2.69. The van der Waals surface area contributed by atoms with Gasteiger partial charge in [0.1, 0.15) is 11.3 Å². The summed E-state index contributed by atoms with van der Waals surface area (Å²) >= 11 is 3.32. The van der Waals surface area contributed by atoms with Crippen molar-refractivity contribution in [2.75, 3.05) is 0 Å². The lowest BCUT2D eigenvalue weighted by Gasteiger charge is -2.32. The summed E-state index contributed by atoms with van der Waals surface area (Å²) in [5, 5.41) is 18.9. The van der Waals surface area contributed by atoms with E-state index in [1.54, 1.807) is 6.07 Å². The van der Waals surface area contributed by atoms with Gasteiger partial charge < -0.3 is 15.9 Å². The largest absolute Gasteiger partial charge is 0.507 e. The Morgan fingerprint density at radius 2 is 2.06 bits per heavy atom. The van der Waals surface area contributed by atoms with Gasteiger partial charge >= 0.3 is 5.97 Å². The lowest BCUT2D eigenvalue weighted by molar-refractivity contribution is 0.0693. The fraction of sp³-hybridized carbons (Fsp3) is 0.417. The lowest BCUT2D eigenvalue weighted by atomic mass is 9.77. The fourth-order valence-electron chi connectivity index (χ4n) is 2.11. The normalized spacial score (nSPS) is 16.6. The minimum atomic E-state index is -1.14. The molecule has 1 aromatic carbocycles. The third-order valence-corrected chi connectivity index (χ3v) is 4.08. The Morgan fingerprint density at radius 3 is 2.50 bits per heavy atom. The van der Waals surface area contributed by atoms with Crippen molar-refractivity contribution in [1.82, 2.24) is 0 Å². The maximum Gasteiger partial charge on any atom is 0.339 e. The predicted octanol–water partition coefficient (Wildman–Crippen LogP) is 3.07. The van der Waals surface area contributed by atoms with Crippen LogP contribution in [-0.2, 0) is 0 Å². The van der Waals surface area contributed by atoms with Gasteiger partial charge in [0.25, 0.3) is 0 Å². The molecule has 0 unspecified atom stereocenters. The summed E-state index contributed by atoms with van der Waals surface area (Å²) in [5.41, 5.74) is 6.50. The molecule has 100 valence electrons. The number of nitrogens with two attached hydrogens (primary N) is 1. The Labute approximate surface area is 120 Å². The van der Waals surface area contributed by atoms with Gasteiger partial charge in [-0.25, -0.2) is 4.79 Å². The van der Waals surface area contributed by atoms with Crippen molar-refractivity contribution in [1.29, 1.82) is 0 Å². The Kier molecular flexibility index (Phi) is 5.01. The number of carboxylic acids is 1. The van der Waals surface area contributed by atoms with Crippen LogP contribution >= 0.6 is 28.3 Å². The summed E-state index contributed by atoms with van der Waals surface area (Å²) in [7, 11) is 0. The molecule has 0 aromatic heterocycles. The minimum absolute atomic E-state index is 0. The summed E-state index contributed by atoms with van der Waals surface area (Å²) in [5.74, 6) is -1.02. The highest BCUT2D eigenvalue weighted by Crippen LogP contribution is 2.42. The van der Waals surface area contributed by atoms with Crippen molar-refractivity contribution in [2.24, 2.45) is 11.7 Å². The van der Waals surface area contributed by atoms with Gasteiger partial charge in [0, 0.05) is 16.1 Å². The van der Waals surface area contributed by atoms with E-state index in [4.69, 9.17) is 10.8 Å². The molecule has 0 bridgehead atoms. The Balaban J connectivity index is 0.00000162. The van der Waals surface area contributed by atoms with Gasteiger partial charge in [-0.05, 0) is 30.9 Å². The van der Waals surface area contributed by atoms with Gasteiger partial charge in [-0.1, -0.05) is 22.4 Å². The molecule has 0 aliphatic heterocycles. The Hall–Kier alpha value is -0.780. The molecule has 1 saturated carbocycles. The predicted molar refractivity (Wildman–Crippen MR) is 74.3 cm³/mol. The number of hydrogen-bond donors (Lipinski definition) is 3. The second-order valence-electron chi connectivity index (χ2n) is 4.38. The molecule has 18 heavy (non-hydrogen) atoms. The first-order chi connectivity index (χ1) is 8.02. The van der Waals surface area contributed by atoms with Crippen molar-refractivity contribution in [2.45, 2.75) is 25.3 Å². The van der Waals surface area contributed by atoms with Gasteiger partial charge in [0.2, 0.25) is 0 Å². The monoisotopic (exact) mass is 335 g/mol. The summed E-state index contributed by atoms with van der Waals surface area (Å²) < 4.78 is 0.666. The summed E-state index contributed by atoms with van der Waals surface area (Å²) in [6.07, 6.45) is 3.21. The van der Waals surface area contributed by atoms with E-state index in [0.717, 1.165) is 19.3 Å². The number of aromatic hydroxyl groups is 1. The molecule has 0 spiro atoms. The number of halogens is 2. The highest BCUT2D eigenvalue weighted by Gasteiger charge is 2.30. The molecular weight excluding hydrogens is 321 g/mol. The van der Waals surface area contributed by atoms with Crippen molar-refractivity contribution in [3.8, 4) is 5.75 Å². The smallest absolute Gasteiger partial charge is 0.339 e. The summed E-state index contributed by atoms with van der Waals surface area (Å²) in [6, 6.07) is 2.69. The second-order valence-corrected chi connectivity index (χ2v) is 5.23. The maximum atomic E-state index is 10.9. The standard InChI is InChI=1S/C12H14BrNO3.ClH/c13-8-5-4-7(12(16)17)11(15)9(8)10(14)6-2-1-3-6;/h4-6,10,15H,1-3,14H2,(H,16,17);1H/t10-;/m1./s1. The number of aromatic carboxylic acids is 1. The number of rotatable bonds is 3. The lowest BCUT2D eigenvalue weighted by Crippen LogP contribution is -2.27. The number of carboxylic acid groups (broad SMARTS) is 1. The van der Waals surface area contributed by atoms with E-state index in [0.29, 0.717) is 16.0 Å². The minimum Gasteiger partial charge on any atom is -0.507 e. The molecule has 1 fully saturated rings. The van der Waals surface area contributed by atoms with Gasteiger partial charge in [-0.15, -0.1) is 12.4 Å². The molecule has 1 aliphatic carbocycles. The second kappa shape index (κ2) is 5.91. The third kappa shape index (κ3) is 2.63. The molecular formula is C12H15BrClNO3. The number of carbonyl (C=O) groups is 1. The molecule has 4 nitrogen and oxygen atoms in total. The zero-order valence-electron chi connectivity index (χ0n) is 9.60. The third-order valence-electron chi connectivity index (χ3n) is 3.39. The van der Waals surface area contributed by atoms with E-state index in [1.165, 1.54) is 6.07 Å². The van der Waals surface area contributed by atoms with Crippen LogP contribution in [0.4, 0.5) is 0 Å². The molecule has 0 saturated heterocycles. The van der Waals surface area contributed by atoms with E-state index in [9.17, 15) is 9.90 Å². The van der Waals surface area contributed by atoms with E-state index >= 15 is 0 Å². The molecule has 1 aromatic rings. The molecule has 0 heterocycles. The van der Waals surface area contributed by atoms with E-state index in [-0.39, 0.29) is 29.8 Å². The quantitative estimate of drug-likeness (QED) is 0.792. The van der Waals surface area contributed by atoms with Gasteiger partial charge in [0.15, 0.2) is 0 Å². The van der Waals surface area contributed by atoms with Crippen LogP contribution in [0.3, 0.4) is 0 Å². The first-order valence-electron chi connectivity index (χ1n) is 5.52. The van der Waals surface area contributed by atoms with Crippen LogP contribution in [0.1, 0.15) is 41.2 Å². The van der Waals surface area contributed by atoms with Crippen molar-refractivity contribution in [3.63, 3.8) is 0 Å². The number of hydrogen-bond acceptors (Lipinski definition) is 3. The van der Waals surface area contributed by atoms with Gasteiger partial charge in [-0.2, -0.15) is 0 Å². The van der Waals surface area contributed by atoms with E-state index < -0.39 is 5.97 Å². The van der Waals surface area contributed by atoms with E-state index in [1.807, 2.05) is 0 Å². The average Bonchev–Trinajstić information content (AvgIpc) is 2.13. The van der Waals surface area contributed by atoms with Crippen LogP contribution in [0.25, 0.3) is 0 Å². The molecule has 2 rings (SSSR count). The summed E-state index contributed by atoms with van der Waals surface area (Å²) in [6.45, 7) is 0. The van der Waals surface area contributed by atoms with Crippen molar-refractivity contribution >= 4 is 34.3 Å². The highest BCUT2D eigenvalue weighted by atomic mass is 79.9. The van der Waals surface area contributed by atoms with Crippen LogP contribution in [0.2, 0.25) is 0 Å².